The summed E-state index contributed by atoms with van der Waals surface area (Å²) in [6.07, 6.45) is 10.2. The molecular formula is C44H36N6O7. The molecule has 6 aromatic rings. The first kappa shape index (κ1) is 35.6. The molecule has 3 aliphatic rings. The normalized spacial score (nSPS) is 18.8. The molecule has 4 amide bonds. The fourth-order valence-electron chi connectivity index (χ4n) is 7.49. The Morgan fingerprint density at radius 3 is 2.42 bits per heavy atom. The summed E-state index contributed by atoms with van der Waals surface area (Å²) < 4.78 is 20.2. The largest absolute Gasteiger partial charge is 0.494 e. The zero-order valence-corrected chi connectivity index (χ0v) is 30.9. The maximum Gasteiger partial charge on any atom is 0.262 e. The van der Waals surface area contributed by atoms with Crippen LogP contribution in [0, 0.1) is 11.8 Å². The third-order valence-corrected chi connectivity index (χ3v) is 10.6. The van der Waals surface area contributed by atoms with E-state index in [1.165, 1.54) is 17.5 Å². The van der Waals surface area contributed by atoms with Gasteiger partial charge in [0.15, 0.2) is 0 Å². The van der Waals surface area contributed by atoms with Crippen LogP contribution < -0.4 is 19.5 Å². The molecule has 1 atom stereocenters. The number of amides is 4. The number of benzene rings is 2. The van der Waals surface area contributed by atoms with Crippen molar-refractivity contribution < 1.29 is 33.4 Å². The van der Waals surface area contributed by atoms with Crippen LogP contribution in [0.5, 0.6) is 17.4 Å². The van der Waals surface area contributed by atoms with Crippen LogP contribution >= 0.6 is 0 Å². The Balaban J connectivity index is 0.700. The molecule has 13 heteroatoms. The van der Waals surface area contributed by atoms with Gasteiger partial charge in [0.25, 0.3) is 11.8 Å². The minimum absolute atomic E-state index is 0.0286. The highest BCUT2D eigenvalue weighted by molar-refractivity contribution is 6.23. The summed E-state index contributed by atoms with van der Waals surface area (Å²) in [5.41, 5.74) is 5.42. The fraction of sp³-hybridized carbons (Fsp3) is 0.250. The van der Waals surface area contributed by atoms with E-state index in [0.29, 0.717) is 42.5 Å². The van der Waals surface area contributed by atoms with Crippen LogP contribution in [0.25, 0.3) is 32.9 Å². The van der Waals surface area contributed by atoms with Crippen LogP contribution in [0.2, 0.25) is 0 Å². The summed E-state index contributed by atoms with van der Waals surface area (Å²) in [6.45, 7) is 0.349. The van der Waals surface area contributed by atoms with E-state index in [9.17, 15) is 19.2 Å². The number of ether oxygens (including phenoxy) is 3. The van der Waals surface area contributed by atoms with Gasteiger partial charge >= 0.3 is 0 Å². The highest BCUT2D eigenvalue weighted by atomic mass is 16.5. The molecule has 0 radical (unpaired) electrons. The number of piperidine rings is 1. The first-order valence-electron chi connectivity index (χ1n) is 18.8. The van der Waals surface area contributed by atoms with Crippen molar-refractivity contribution in [3.8, 4) is 40.3 Å². The van der Waals surface area contributed by atoms with Crippen LogP contribution in [0.3, 0.4) is 0 Å². The van der Waals surface area contributed by atoms with Crippen LogP contribution in [-0.2, 0) is 16.6 Å². The average Bonchev–Trinajstić information content (AvgIpc) is 3.64. The Bertz CT molecular complexity index is 2640. The average molecular weight is 761 g/mol. The second kappa shape index (κ2) is 14.9. The minimum atomic E-state index is -1.01. The summed E-state index contributed by atoms with van der Waals surface area (Å²) in [6, 6.07) is 19.8. The van der Waals surface area contributed by atoms with E-state index >= 15 is 0 Å². The number of carbonyl (C=O) groups is 4. The van der Waals surface area contributed by atoms with E-state index in [0.717, 1.165) is 45.3 Å². The number of unbranched alkanes of at least 4 members (excludes halogenated alkanes) is 1. The van der Waals surface area contributed by atoms with Crippen molar-refractivity contribution in [3.05, 3.63) is 108 Å². The van der Waals surface area contributed by atoms with Gasteiger partial charge in [-0.15, -0.1) is 0 Å². The Morgan fingerprint density at radius 1 is 0.789 bits per heavy atom. The van der Waals surface area contributed by atoms with Gasteiger partial charge in [-0.05, 0) is 72.9 Å². The summed E-state index contributed by atoms with van der Waals surface area (Å²) >= 11 is 0. The van der Waals surface area contributed by atoms with E-state index < -0.39 is 29.7 Å². The topological polar surface area (TPSA) is 155 Å². The standard InChI is InChI=1S/C44H36N6O7/c1-49-37-16-17-45-25-36(37)33-11-6-26(19-39(33)49)27-7-15-41(47-23-27)57-32-20-31(21-32)56-30-9-8-28(46-24-30)5-3-2-4-18-55-29-10-12-34-35(22-29)44(54)50(43(34)53)38-13-14-40(51)48-42(38)52/h6-12,15-17,19,22-25,31-32,38H,2,4,13-14,18,20-21H2,1H3,(H,48,51,52)/t31-,32-,38?. The molecular weight excluding hydrogens is 725 g/mol. The molecule has 1 unspecified atom stereocenters. The fourth-order valence-corrected chi connectivity index (χ4v) is 7.49. The lowest BCUT2D eigenvalue weighted by molar-refractivity contribution is -0.136. The molecule has 57 heavy (non-hydrogen) atoms. The third-order valence-electron chi connectivity index (χ3n) is 10.6. The molecule has 2 aliphatic heterocycles. The van der Waals surface area contributed by atoms with Crippen molar-refractivity contribution in [3.63, 3.8) is 0 Å². The first-order valence-corrected chi connectivity index (χ1v) is 18.8. The molecule has 1 saturated heterocycles. The zero-order valence-electron chi connectivity index (χ0n) is 30.9. The second-order valence-electron chi connectivity index (χ2n) is 14.3. The maximum atomic E-state index is 13.0. The van der Waals surface area contributed by atoms with E-state index in [4.69, 9.17) is 14.2 Å². The number of hydrogen-bond donors (Lipinski definition) is 1. The number of nitrogens with zero attached hydrogens (tertiary/aromatic N) is 5. The van der Waals surface area contributed by atoms with Gasteiger partial charge in [0.1, 0.15) is 35.4 Å². The smallest absolute Gasteiger partial charge is 0.262 e. The number of aromatic nitrogens is 4. The van der Waals surface area contributed by atoms with Crippen LogP contribution in [0.15, 0.2) is 91.5 Å². The quantitative estimate of drug-likeness (QED) is 0.103. The van der Waals surface area contributed by atoms with Crippen molar-refractivity contribution in [2.75, 3.05) is 6.61 Å². The van der Waals surface area contributed by atoms with Gasteiger partial charge in [-0.3, -0.25) is 34.4 Å². The molecule has 2 aromatic carbocycles. The molecule has 6 heterocycles. The van der Waals surface area contributed by atoms with Gasteiger partial charge in [-0.2, -0.15) is 0 Å². The number of carbonyl (C=O) groups excluding carboxylic acids is 4. The highest BCUT2D eigenvalue weighted by Crippen LogP contribution is 2.34. The second-order valence-corrected chi connectivity index (χ2v) is 14.3. The minimum Gasteiger partial charge on any atom is -0.494 e. The summed E-state index contributed by atoms with van der Waals surface area (Å²) in [4.78, 5) is 64.0. The lowest BCUT2D eigenvalue weighted by Crippen LogP contribution is -2.54. The Morgan fingerprint density at radius 2 is 1.61 bits per heavy atom. The van der Waals surface area contributed by atoms with Crippen molar-refractivity contribution in [1.82, 2.24) is 29.7 Å². The van der Waals surface area contributed by atoms with E-state index in [-0.39, 0.29) is 36.2 Å². The van der Waals surface area contributed by atoms with E-state index in [1.807, 2.05) is 48.9 Å². The third kappa shape index (κ3) is 7.02. The van der Waals surface area contributed by atoms with Crippen LogP contribution in [-0.4, -0.2) is 72.9 Å². The molecule has 0 bridgehead atoms. The van der Waals surface area contributed by atoms with Gasteiger partial charge < -0.3 is 18.8 Å². The zero-order chi connectivity index (χ0) is 39.0. The molecule has 284 valence electrons. The molecule has 1 N–H and O–H groups in total. The summed E-state index contributed by atoms with van der Waals surface area (Å²) in [5, 5.41) is 4.51. The lowest BCUT2D eigenvalue weighted by Gasteiger charge is -2.34. The van der Waals surface area contributed by atoms with Crippen molar-refractivity contribution in [1.29, 1.82) is 0 Å². The number of rotatable bonds is 10. The summed E-state index contributed by atoms with van der Waals surface area (Å²) in [5.74, 6) is 5.68. The Kier molecular flexibility index (Phi) is 9.30. The predicted octanol–water partition coefficient (Wildman–Crippen LogP) is 5.78. The monoisotopic (exact) mass is 760 g/mol. The lowest BCUT2D eigenvalue weighted by atomic mass is 9.92. The first-order chi connectivity index (χ1) is 27.8. The Labute approximate surface area is 327 Å². The van der Waals surface area contributed by atoms with Gasteiger partial charge in [0.05, 0.1) is 29.4 Å². The molecule has 13 nitrogen and oxygen atoms in total. The molecule has 1 saturated carbocycles. The van der Waals surface area contributed by atoms with Gasteiger partial charge in [-0.25, -0.2) is 9.97 Å². The SMILES string of the molecule is Cn1c2ccncc2c2ccc(-c3ccc(O[C@H]4C[C@H](Oc5ccc(C#CCCCOc6ccc7c(c6)C(=O)N(C6CCC(=O)NC6=O)C7=O)nc5)C4)nc3)cc21. The van der Waals surface area contributed by atoms with Gasteiger partial charge in [0, 0.05) is 79.2 Å². The molecule has 2 fully saturated rings. The van der Waals surface area contributed by atoms with Crippen molar-refractivity contribution >= 4 is 45.4 Å². The molecule has 4 aromatic heterocycles. The number of hydrogen-bond acceptors (Lipinski definition) is 10. The maximum absolute atomic E-state index is 13.0. The molecule has 1 aliphatic carbocycles. The number of pyridine rings is 3. The van der Waals surface area contributed by atoms with E-state index in [2.05, 4.69) is 61.9 Å². The van der Waals surface area contributed by atoms with Gasteiger partial charge in [-0.1, -0.05) is 18.1 Å². The number of imide groups is 2. The number of fused-ring (bicyclic) bond motifs is 4. The molecule has 9 rings (SSSR count). The number of aryl methyl sites for hydroxylation is 1. The van der Waals surface area contributed by atoms with Crippen molar-refractivity contribution in [2.24, 2.45) is 7.05 Å². The highest BCUT2D eigenvalue weighted by Gasteiger charge is 2.44. The molecule has 0 spiro atoms. The van der Waals surface area contributed by atoms with Crippen molar-refractivity contribution in [2.45, 2.75) is 56.8 Å². The van der Waals surface area contributed by atoms with E-state index in [1.54, 1.807) is 12.3 Å². The van der Waals surface area contributed by atoms with Crippen LogP contribution in [0.1, 0.15) is 64.9 Å². The van der Waals surface area contributed by atoms with Gasteiger partial charge in [0.2, 0.25) is 17.7 Å². The predicted molar refractivity (Wildman–Crippen MR) is 208 cm³/mol. The number of nitrogens with one attached hydrogen (secondary N) is 1. The summed E-state index contributed by atoms with van der Waals surface area (Å²) in [7, 11) is 2.07. The Hall–Kier alpha value is -7.07. The van der Waals surface area contributed by atoms with Crippen LogP contribution in [0.4, 0.5) is 0 Å².